The summed E-state index contributed by atoms with van der Waals surface area (Å²) in [5.74, 6) is 0. The van der Waals surface area contributed by atoms with Crippen molar-refractivity contribution >= 4 is 11.8 Å². The second kappa shape index (κ2) is 6.87. The molecule has 22 heavy (non-hydrogen) atoms. The fourth-order valence-electron chi connectivity index (χ4n) is 2.42. The van der Waals surface area contributed by atoms with Gasteiger partial charge in [-0.1, -0.05) is 18.2 Å². The van der Waals surface area contributed by atoms with Gasteiger partial charge in [0.1, 0.15) is 11.3 Å². The van der Waals surface area contributed by atoms with Crippen LogP contribution >= 0.6 is 0 Å². The summed E-state index contributed by atoms with van der Waals surface area (Å²) < 4.78 is 5.37. The molecule has 1 aliphatic heterocycles. The number of amides is 1. The number of hydrogen-bond acceptors (Lipinski definition) is 5. The third-order valence-corrected chi connectivity index (χ3v) is 3.51. The molecule has 0 aliphatic carbocycles. The molecule has 0 radical (unpaired) electrons. The van der Waals surface area contributed by atoms with E-state index in [9.17, 15) is 9.70 Å². The molecule has 1 aromatic rings. The summed E-state index contributed by atoms with van der Waals surface area (Å²) in [6.45, 7) is 7.45. The van der Waals surface area contributed by atoms with E-state index in [1.165, 1.54) is 0 Å². The first kappa shape index (κ1) is 16.4. The second-order valence-electron chi connectivity index (χ2n) is 6.51. The molecule has 1 aliphatic rings. The number of carbonyl (C=O) groups is 1. The molecule has 6 heteroatoms. The first-order chi connectivity index (χ1) is 10.4. The third kappa shape index (κ3) is 4.53. The zero-order valence-electron chi connectivity index (χ0n) is 13.3. The van der Waals surface area contributed by atoms with Gasteiger partial charge in [-0.2, -0.15) is 0 Å². The molecule has 1 saturated heterocycles. The summed E-state index contributed by atoms with van der Waals surface area (Å²) in [5.41, 5.74) is 0.849. The molecule has 1 fully saturated rings. The minimum atomic E-state index is -0.475. The van der Waals surface area contributed by atoms with Gasteiger partial charge in [-0.05, 0) is 44.0 Å². The molecule has 0 bridgehead atoms. The highest BCUT2D eigenvalue weighted by Gasteiger charge is 2.29. The predicted octanol–water partition coefficient (Wildman–Crippen LogP) is 3.18. The summed E-state index contributed by atoms with van der Waals surface area (Å²) >= 11 is 0. The molecule has 1 atom stereocenters. The molecular formula is C16H23N3O3. The molecule has 1 aromatic carbocycles. The topological polar surface area (TPSA) is 71.0 Å². The van der Waals surface area contributed by atoms with Crippen molar-refractivity contribution in [2.75, 3.05) is 13.1 Å². The Morgan fingerprint density at radius 2 is 2.14 bits per heavy atom. The number of likely N-dealkylation sites (tertiary alicyclic amines) is 1. The zero-order valence-corrected chi connectivity index (χ0v) is 13.3. The van der Waals surface area contributed by atoms with Crippen LogP contribution in [0.15, 0.2) is 29.4 Å². The first-order valence-corrected chi connectivity index (χ1v) is 7.51. The van der Waals surface area contributed by atoms with Gasteiger partial charge in [0.2, 0.25) is 0 Å². The Bertz CT molecular complexity index is 540. The molecule has 2 rings (SSSR count). The van der Waals surface area contributed by atoms with E-state index in [2.05, 4.69) is 10.5 Å². The van der Waals surface area contributed by atoms with E-state index in [1.807, 2.05) is 32.9 Å². The average Bonchev–Trinajstić information content (AvgIpc) is 2.92. The number of nitrogens with zero attached hydrogens (tertiary/aromatic N) is 2. The molecule has 0 saturated carbocycles. The maximum absolute atomic E-state index is 12.0. The number of nitroso groups, excluding NO2 is 1. The highest BCUT2D eigenvalue weighted by molar-refractivity contribution is 5.68. The Balaban J connectivity index is 1.84. The lowest BCUT2D eigenvalue weighted by atomic mass is 10.1. The highest BCUT2D eigenvalue weighted by Crippen LogP contribution is 2.19. The van der Waals surface area contributed by atoms with Gasteiger partial charge in [0.05, 0.1) is 0 Å². The molecule has 0 aromatic heterocycles. The van der Waals surface area contributed by atoms with E-state index in [0.717, 1.165) is 12.0 Å². The van der Waals surface area contributed by atoms with Crippen molar-refractivity contribution in [1.29, 1.82) is 0 Å². The van der Waals surface area contributed by atoms with E-state index in [1.54, 1.807) is 17.0 Å². The maximum Gasteiger partial charge on any atom is 0.410 e. The molecule has 1 heterocycles. The van der Waals surface area contributed by atoms with E-state index in [0.29, 0.717) is 25.3 Å². The Morgan fingerprint density at radius 1 is 1.41 bits per heavy atom. The van der Waals surface area contributed by atoms with Gasteiger partial charge < -0.3 is 15.0 Å². The number of nitrogens with one attached hydrogen (secondary N) is 1. The number of ether oxygens (including phenoxy) is 1. The van der Waals surface area contributed by atoms with Gasteiger partial charge in [-0.15, -0.1) is 4.91 Å². The van der Waals surface area contributed by atoms with Crippen molar-refractivity contribution in [2.45, 2.75) is 45.4 Å². The van der Waals surface area contributed by atoms with Crippen LogP contribution in [0, 0.1) is 4.91 Å². The minimum Gasteiger partial charge on any atom is -0.444 e. The summed E-state index contributed by atoms with van der Waals surface area (Å²) in [6.07, 6.45) is 0.599. The molecule has 0 spiro atoms. The van der Waals surface area contributed by atoms with Crippen molar-refractivity contribution in [2.24, 2.45) is 5.18 Å². The molecule has 120 valence electrons. The number of hydrogen-bond donors (Lipinski definition) is 1. The smallest absolute Gasteiger partial charge is 0.410 e. The Kier molecular flexibility index (Phi) is 5.13. The Labute approximate surface area is 130 Å². The van der Waals surface area contributed by atoms with Crippen molar-refractivity contribution in [1.82, 2.24) is 10.2 Å². The summed E-state index contributed by atoms with van der Waals surface area (Å²) in [7, 11) is 0. The molecular weight excluding hydrogens is 282 g/mol. The largest absolute Gasteiger partial charge is 0.444 e. The van der Waals surface area contributed by atoms with Crippen molar-refractivity contribution in [3.8, 4) is 0 Å². The number of benzene rings is 1. The molecule has 1 amide bonds. The Morgan fingerprint density at radius 3 is 2.82 bits per heavy atom. The summed E-state index contributed by atoms with van der Waals surface area (Å²) in [4.78, 5) is 24.5. The summed E-state index contributed by atoms with van der Waals surface area (Å²) in [6, 6.07) is 7.45. The lowest BCUT2D eigenvalue weighted by Gasteiger charge is -2.24. The van der Waals surface area contributed by atoms with Crippen LogP contribution in [0.4, 0.5) is 10.5 Å². The third-order valence-electron chi connectivity index (χ3n) is 3.51. The number of carbonyl (C=O) groups excluding carboxylic acids is 1. The van der Waals surface area contributed by atoms with Crippen molar-refractivity contribution in [3.63, 3.8) is 0 Å². The van der Waals surface area contributed by atoms with Crippen LogP contribution in [0.25, 0.3) is 0 Å². The average molecular weight is 305 g/mol. The number of rotatable bonds is 4. The van der Waals surface area contributed by atoms with Gasteiger partial charge in [0, 0.05) is 25.7 Å². The van der Waals surface area contributed by atoms with Crippen LogP contribution in [0.5, 0.6) is 0 Å². The van der Waals surface area contributed by atoms with Crippen LogP contribution in [0.2, 0.25) is 0 Å². The van der Waals surface area contributed by atoms with Crippen LogP contribution in [-0.2, 0) is 11.3 Å². The van der Waals surface area contributed by atoms with E-state index in [4.69, 9.17) is 4.74 Å². The van der Waals surface area contributed by atoms with Crippen molar-refractivity contribution in [3.05, 3.63) is 34.7 Å². The SMILES string of the molecule is CC(C)(C)OC(=O)N1CC[C@@H](NCc2ccccc2N=O)C1. The quantitative estimate of drug-likeness (QED) is 0.867. The van der Waals surface area contributed by atoms with Gasteiger partial charge in [-0.3, -0.25) is 0 Å². The van der Waals surface area contributed by atoms with Gasteiger partial charge in [0.15, 0.2) is 0 Å². The van der Waals surface area contributed by atoms with E-state index < -0.39 is 5.60 Å². The standard InChI is InChI=1S/C16H23N3O3/c1-16(2,3)22-15(20)19-9-8-13(11-19)17-10-12-6-4-5-7-14(12)18-21/h4-7,13,17H,8-11H2,1-3H3/t13-/m1/s1. The Hall–Kier alpha value is -1.95. The summed E-state index contributed by atoms with van der Waals surface area (Å²) in [5, 5.41) is 6.40. The fraction of sp³-hybridized carbons (Fsp3) is 0.562. The van der Waals surface area contributed by atoms with Crippen molar-refractivity contribution < 1.29 is 9.53 Å². The van der Waals surface area contributed by atoms with E-state index >= 15 is 0 Å². The van der Waals surface area contributed by atoms with Gasteiger partial charge in [-0.25, -0.2) is 4.79 Å². The highest BCUT2D eigenvalue weighted by atomic mass is 16.6. The molecule has 0 unspecified atom stereocenters. The lowest BCUT2D eigenvalue weighted by molar-refractivity contribution is 0.0291. The van der Waals surface area contributed by atoms with Crippen LogP contribution < -0.4 is 5.32 Å². The maximum atomic E-state index is 12.0. The lowest BCUT2D eigenvalue weighted by Crippen LogP contribution is -2.38. The zero-order chi connectivity index (χ0) is 16.2. The monoisotopic (exact) mass is 305 g/mol. The van der Waals surface area contributed by atoms with Gasteiger partial charge in [0.25, 0.3) is 0 Å². The first-order valence-electron chi connectivity index (χ1n) is 7.51. The normalized spacial score (nSPS) is 18.3. The minimum absolute atomic E-state index is 0.201. The van der Waals surface area contributed by atoms with Crippen LogP contribution in [-0.4, -0.2) is 35.7 Å². The predicted molar refractivity (Wildman–Crippen MR) is 84.9 cm³/mol. The van der Waals surface area contributed by atoms with E-state index in [-0.39, 0.29) is 12.1 Å². The van der Waals surface area contributed by atoms with Crippen LogP contribution in [0.3, 0.4) is 0 Å². The van der Waals surface area contributed by atoms with Gasteiger partial charge >= 0.3 is 6.09 Å². The second-order valence-corrected chi connectivity index (χ2v) is 6.51. The fourth-order valence-corrected chi connectivity index (χ4v) is 2.42. The molecule has 1 N–H and O–H groups in total. The molecule has 6 nitrogen and oxygen atoms in total. The van der Waals surface area contributed by atoms with Crippen LogP contribution in [0.1, 0.15) is 32.8 Å².